The number of benzene rings is 1. The van der Waals surface area contributed by atoms with Gasteiger partial charge in [0.1, 0.15) is 0 Å². The van der Waals surface area contributed by atoms with E-state index in [1.165, 1.54) is 0 Å². The van der Waals surface area contributed by atoms with Crippen LogP contribution in [0.15, 0.2) is 24.3 Å². The van der Waals surface area contributed by atoms with Gasteiger partial charge >= 0.3 is 6.18 Å². The third-order valence-corrected chi connectivity index (χ3v) is 3.13. The van der Waals surface area contributed by atoms with E-state index in [1.807, 2.05) is 12.1 Å². The third-order valence-electron chi connectivity index (χ3n) is 3.13. The van der Waals surface area contributed by atoms with Crippen molar-refractivity contribution >= 4 is 0 Å². The lowest BCUT2D eigenvalue weighted by atomic mass is 9.79. The van der Waals surface area contributed by atoms with E-state index in [9.17, 15) is 18.3 Å². The van der Waals surface area contributed by atoms with Crippen LogP contribution in [0.5, 0.6) is 0 Å². The smallest absolute Gasteiger partial charge is 0.383 e. The molecule has 0 heterocycles. The van der Waals surface area contributed by atoms with Crippen molar-refractivity contribution in [1.82, 2.24) is 0 Å². The van der Waals surface area contributed by atoms with Gasteiger partial charge in [0.05, 0.1) is 0 Å². The van der Waals surface area contributed by atoms with E-state index in [0.717, 1.165) is 12.0 Å². The Labute approximate surface area is 91.9 Å². The number of hydrogen-bond donors (Lipinski definition) is 1. The van der Waals surface area contributed by atoms with E-state index in [1.54, 1.807) is 12.1 Å². The average Bonchev–Trinajstić information content (AvgIpc) is 2.26. The monoisotopic (exact) mass is 230 g/mol. The maximum atomic E-state index is 12.5. The first-order valence-electron chi connectivity index (χ1n) is 5.32. The molecular weight excluding hydrogens is 217 g/mol. The predicted molar refractivity (Wildman–Crippen MR) is 54.2 cm³/mol. The molecule has 1 aromatic rings. The number of alkyl halides is 3. The summed E-state index contributed by atoms with van der Waals surface area (Å²) < 4.78 is 37.4. The molecule has 1 unspecified atom stereocenters. The Balaban J connectivity index is 2.32. The van der Waals surface area contributed by atoms with Crippen molar-refractivity contribution in [2.24, 2.45) is 0 Å². The maximum absolute atomic E-state index is 12.5. The van der Waals surface area contributed by atoms with Gasteiger partial charge in [-0.25, -0.2) is 0 Å². The lowest BCUT2D eigenvalue weighted by Gasteiger charge is -2.30. The second kappa shape index (κ2) is 4.09. The summed E-state index contributed by atoms with van der Waals surface area (Å²) in [5, 5.41) is 9.33. The van der Waals surface area contributed by atoms with E-state index in [4.69, 9.17) is 0 Å². The van der Waals surface area contributed by atoms with Gasteiger partial charge in [-0.2, -0.15) is 13.2 Å². The number of hydrogen-bond acceptors (Lipinski definition) is 1. The SMILES string of the molecule is O[C@@H](C1CCCc2ccccc21)C(F)(F)F. The first-order valence-corrected chi connectivity index (χ1v) is 5.32. The van der Waals surface area contributed by atoms with Gasteiger partial charge in [0.2, 0.25) is 0 Å². The second-order valence-corrected chi connectivity index (χ2v) is 4.18. The summed E-state index contributed by atoms with van der Waals surface area (Å²) in [5.41, 5.74) is 1.58. The van der Waals surface area contributed by atoms with E-state index < -0.39 is 18.2 Å². The number of aryl methyl sites for hydroxylation is 1. The molecule has 1 aliphatic rings. The Kier molecular flexibility index (Phi) is 2.93. The number of aliphatic hydroxyl groups excluding tert-OH is 1. The molecule has 1 nitrogen and oxygen atoms in total. The highest BCUT2D eigenvalue weighted by atomic mass is 19.4. The summed E-state index contributed by atoms with van der Waals surface area (Å²) in [6.07, 6.45) is -4.87. The molecule has 88 valence electrons. The van der Waals surface area contributed by atoms with Crippen LogP contribution in [0, 0.1) is 0 Å². The predicted octanol–water partition coefficient (Wildman–Crippen LogP) is 3.03. The molecule has 0 saturated heterocycles. The molecular formula is C12H13F3O. The molecule has 1 aliphatic carbocycles. The minimum Gasteiger partial charge on any atom is -0.383 e. The zero-order valence-corrected chi connectivity index (χ0v) is 8.67. The summed E-state index contributed by atoms with van der Waals surface area (Å²) in [7, 11) is 0. The maximum Gasteiger partial charge on any atom is 0.414 e. The Bertz CT molecular complexity index is 373. The van der Waals surface area contributed by atoms with E-state index >= 15 is 0 Å². The summed E-state index contributed by atoms with van der Waals surface area (Å²) in [4.78, 5) is 0. The number of rotatable bonds is 1. The molecule has 0 spiro atoms. The highest BCUT2D eigenvalue weighted by Gasteiger charge is 2.44. The molecule has 0 amide bonds. The molecule has 0 aromatic heterocycles. The molecule has 2 rings (SSSR count). The molecule has 2 atom stereocenters. The summed E-state index contributed by atoms with van der Waals surface area (Å²) >= 11 is 0. The lowest BCUT2D eigenvalue weighted by Crippen LogP contribution is -2.36. The van der Waals surface area contributed by atoms with E-state index in [-0.39, 0.29) is 0 Å². The first kappa shape index (κ1) is 11.5. The van der Waals surface area contributed by atoms with Crippen molar-refractivity contribution in [2.75, 3.05) is 0 Å². The molecule has 4 heteroatoms. The molecule has 0 saturated carbocycles. The summed E-state index contributed by atoms with van der Waals surface area (Å²) in [6.45, 7) is 0. The molecule has 1 N–H and O–H groups in total. The number of aliphatic hydroxyl groups is 1. The van der Waals surface area contributed by atoms with Gasteiger partial charge in [-0.1, -0.05) is 24.3 Å². The summed E-state index contributed by atoms with van der Waals surface area (Å²) in [5.74, 6) is -0.801. The average molecular weight is 230 g/mol. The summed E-state index contributed by atoms with van der Waals surface area (Å²) in [6, 6.07) is 7.07. The Morgan fingerprint density at radius 2 is 1.94 bits per heavy atom. The van der Waals surface area contributed by atoms with Crippen LogP contribution in [0.3, 0.4) is 0 Å². The van der Waals surface area contributed by atoms with Crippen molar-refractivity contribution < 1.29 is 18.3 Å². The van der Waals surface area contributed by atoms with Crippen molar-refractivity contribution in [1.29, 1.82) is 0 Å². The van der Waals surface area contributed by atoms with E-state index in [0.29, 0.717) is 18.4 Å². The minimum atomic E-state index is -4.53. The van der Waals surface area contributed by atoms with Gasteiger partial charge in [0.15, 0.2) is 6.10 Å². The van der Waals surface area contributed by atoms with Crippen LogP contribution >= 0.6 is 0 Å². The molecule has 0 bridgehead atoms. The first-order chi connectivity index (χ1) is 7.50. The highest BCUT2D eigenvalue weighted by Crippen LogP contribution is 2.39. The molecule has 1 aromatic carbocycles. The fourth-order valence-corrected chi connectivity index (χ4v) is 2.35. The molecule has 16 heavy (non-hydrogen) atoms. The van der Waals surface area contributed by atoms with Crippen molar-refractivity contribution in [3.8, 4) is 0 Å². The van der Waals surface area contributed by atoms with Gasteiger partial charge in [-0.05, 0) is 30.4 Å². The standard InChI is InChI=1S/C12H13F3O/c13-12(14,15)11(16)10-7-3-5-8-4-1-2-6-9(8)10/h1-2,4,6,10-11,16H,3,5,7H2/t10?,11-/m0/s1. The lowest BCUT2D eigenvalue weighted by molar-refractivity contribution is -0.211. The van der Waals surface area contributed by atoms with Gasteiger partial charge in [0, 0.05) is 5.92 Å². The van der Waals surface area contributed by atoms with Crippen LogP contribution in [0.2, 0.25) is 0 Å². The van der Waals surface area contributed by atoms with Crippen molar-refractivity contribution in [3.63, 3.8) is 0 Å². The van der Waals surface area contributed by atoms with Gasteiger partial charge < -0.3 is 5.11 Å². The fraction of sp³-hybridized carbons (Fsp3) is 0.500. The number of halogens is 3. The zero-order valence-electron chi connectivity index (χ0n) is 8.67. The quantitative estimate of drug-likeness (QED) is 0.786. The van der Waals surface area contributed by atoms with Crippen LogP contribution in [0.25, 0.3) is 0 Å². The molecule has 0 fully saturated rings. The molecule has 0 aliphatic heterocycles. The van der Waals surface area contributed by atoms with Crippen molar-refractivity contribution in [2.45, 2.75) is 37.5 Å². The van der Waals surface area contributed by atoms with Gasteiger partial charge in [-0.15, -0.1) is 0 Å². The van der Waals surface area contributed by atoms with Crippen LogP contribution in [0.4, 0.5) is 13.2 Å². The van der Waals surface area contributed by atoms with Crippen LogP contribution in [0.1, 0.15) is 29.9 Å². The Morgan fingerprint density at radius 1 is 1.25 bits per heavy atom. The zero-order chi connectivity index (χ0) is 11.8. The van der Waals surface area contributed by atoms with Gasteiger partial charge in [-0.3, -0.25) is 0 Å². The van der Waals surface area contributed by atoms with Crippen LogP contribution in [-0.2, 0) is 6.42 Å². The highest BCUT2D eigenvalue weighted by molar-refractivity contribution is 5.33. The van der Waals surface area contributed by atoms with Crippen LogP contribution in [-0.4, -0.2) is 17.4 Å². The fourth-order valence-electron chi connectivity index (χ4n) is 2.35. The second-order valence-electron chi connectivity index (χ2n) is 4.18. The largest absolute Gasteiger partial charge is 0.414 e. The molecule has 0 radical (unpaired) electrons. The van der Waals surface area contributed by atoms with Crippen LogP contribution < -0.4 is 0 Å². The normalized spacial score (nSPS) is 22.6. The number of fused-ring (bicyclic) bond motifs is 1. The Morgan fingerprint density at radius 3 is 2.62 bits per heavy atom. The van der Waals surface area contributed by atoms with Crippen molar-refractivity contribution in [3.05, 3.63) is 35.4 Å². The van der Waals surface area contributed by atoms with Gasteiger partial charge in [0.25, 0.3) is 0 Å². The topological polar surface area (TPSA) is 20.2 Å². The van der Waals surface area contributed by atoms with E-state index in [2.05, 4.69) is 0 Å². The Hall–Kier alpha value is -1.03. The third kappa shape index (κ3) is 2.07. The minimum absolute atomic E-state index is 0.400.